The lowest BCUT2D eigenvalue weighted by atomic mass is 10.2. The highest BCUT2D eigenvalue weighted by atomic mass is 19.3. The van der Waals surface area contributed by atoms with Crippen LogP contribution in [0.2, 0.25) is 0 Å². The topological polar surface area (TPSA) is 153 Å². The van der Waals surface area contributed by atoms with Crippen molar-refractivity contribution in [1.82, 2.24) is 0 Å². The van der Waals surface area contributed by atoms with E-state index in [4.69, 9.17) is 15.6 Å². The smallest absolute Gasteiger partial charge is 0.394 e. The first-order valence-electron chi connectivity index (χ1n) is 8.35. The maximum atomic E-state index is 12.5. The summed E-state index contributed by atoms with van der Waals surface area (Å²) >= 11 is 0. The van der Waals surface area contributed by atoms with Crippen LogP contribution >= 0.6 is 0 Å². The fraction of sp³-hybridized carbons (Fsp3) is 0.250. The van der Waals surface area contributed by atoms with Crippen molar-refractivity contribution < 1.29 is 28.3 Å². The van der Waals surface area contributed by atoms with Gasteiger partial charge in [0.1, 0.15) is 17.9 Å². The number of nitro benzene ring substituents is 1. The fourth-order valence-electron chi connectivity index (χ4n) is 2.01. The molecule has 0 aliphatic carbocycles. The van der Waals surface area contributed by atoms with Crippen LogP contribution in [0.4, 0.5) is 20.2 Å². The predicted molar refractivity (Wildman–Crippen MR) is 111 cm³/mol. The first-order chi connectivity index (χ1) is 14.5. The molecular formula is C20H20F2N5O5+. The molecular weight excluding hydrogens is 428 g/mol. The molecule has 0 fully saturated rings. The molecule has 0 amide bonds. The van der Waals surface area contributed by atoms with Gasteiger partial charge in [0.2, 0.25) is 5.71 Å². The number of rotatable bonds is 6. The van der Waals surface area contributed by atoms with Crippen molar-refractivity contribution in [3.8, 4) is 23.6 Å². The Morgan fingerprint density at radius 1 is 1.19 bits per heavy atom. The minimum Gasteiger partial charge on any atom is -0.502 e. The lowest BCUT2D eigenvalue weighted by Gasteiger charge is -2.12. The summed E-state index contributed by atoms with van der Waals surface area (Å²) in [6.07, 6.45) is -3.23. The summed E-state index contributed by atoms with van der Waals surface area (Å²) < 4.78 is 29.8. The second-order valence-electron chi connectivity index (χ2n) is 5.87. The van der Waals surface area contributed by atoms with Gasteiger partial charge in [-0.1, -0.05) is 19.6 Å². The van der Waals surface area contributed by atoms with E-state index in [-0.39, 0.29) is 42.6 Å². The van der Waals surface area contributed by atoms with Gasteiger partial charge >= 0.3 is 11.8 Å². The molecule has 0 aromatic heterocycles. The molecule has 0 aliphatic rings. The van der Waals surface area contributed by atoms with Crippen LogP contribution < -0.4 is 4.74 Å². The Morgan fingerprint density at radius 2 is 1.75 bits per heavy atom. The van der Waals surface area contributed by atoms with E-state index in [1.165, 1.54) is 24.3 Å². The molecule has 12 heteroatoms. The number of nitrogens with zero attached hydrogens (tertiary/aromatic N) is 5. The van der Waals surface area contributed by atoms with Crippen molar-refractivity contribution in [3.63, 3.8) is 0 Å². The average Bonchev–Trinajstić information content (AvgIpc) is 2.69. The standard InChI is InChI=1S/C12H9F2N3O.C7H6N2O4.CH4/c1-12(13,14)18-11-4-2-9(3-5-11)8-17-10(6-15)7-16;1-8(11)6-4-5(9(12)13)2-3-7(6)10;/h2-5H,8H2,1H3;2-4H,1H3;1H4/p+1. The number of phenolic OH excluding ortho intramolecular Hbond substituents is 1. The minimum absolute atomic E-state index is 0. The lowest BCUT2D eigenvalue weighted by Crippen LogP contribution is -2.18. The molecule has 1 N–H and O–H groups in total. The Bertz CT molecular complexity index is 1050. The first-order valence-corrected chi connectivity index (χ1v) is 8.35. The third kappa shape index (κ3) is 9.37. The number of aromatic hydroxyl groups is 1. The van der Waals surface area contributed by atoms with E-state index in [0.717, 1.165) is 25.2 Å². The van der Waals surface area contributed by atoms with Crippen LogP contribution in [-0.4, -0.2) is 33.7 Å². The average molecular weight is 448 g/mol. The van der Waals surface area contributed by atoms with Gasteiger partial charge < -0.3 is 9.84 Å². The first kappa shape index (κ1) is 27.5. The summed E-state index contributed by atoms with van der Waals surface area (Å²) in [5.41, 5.74) is 0.116. The van der Waals surface area contributed by atoms with Crippen molar-refractivity contribution >= 4 is 17.1 Å². The third-order valence-corrected chi connectivity index (χ3v) is 3.36. The van der Waals surface area contributed by atoms with Crippen molar-refractivity contribution in [2.24, 2.45) is 4.99 Å². The molecule has 0 aliphatic heterocycles. The van der Waals surface area contributed by atoms with Crippen LogP contribution in [0.5, 0.6) is 11.5 Å². The molecule has 2 aromatic rings. The summed E-state index contributed by atoms with van der Waals surface area (Å²) in [6.45, 7) is 0.788. The monoisotopic (exact) mass is 448 g/mol. The maximum absolute atomic E-state index is 12.5. The van der Waals surface area contributed by atoms with Crippen LogP contribution in [0.3, 0.4) is 0 Å². The van der Waals surface area contributed by atoms with Crippen molar-refractivity contribution in [3.05, 3.63) is 63.0 Å². The van der Waals surface area contributed by atoms with Gasteiger partial charge in [-0.05, 0) is 23.8 Å². The number of aliphatic imine (C=N–C) groups is 1. The van der Waals surface area contributed by atoms with E-state index in [1.54, 1.807) is 12.1 Å². The number of benzene rings is 2. The van der Waals surface area contributed by atoms with E-state index in [1.807, 2.05) is 0 Å². The molecule has 0 heterocycles. The number of hydrogen-bond acceptors (Lipinski definition) is 8. The molecule has 10 nitrogen and oxygen atoms in total. The number of ether oxygens (including phenoxy) is 1. The van der Waals surface area contributed by atoms with Crippen LogP contribution in [0.15, 0.2) is 47.5 Å². The Labute approximate surface area is 182 Å². The molecule has 0 radical (unpaired) electrons. The lowest BCUT2D eigenvalue weighted by molar-refractivity contribution is -0.430. The Kier molecular flexibility index (Phi) is 10.6. The Balaban J connectivity index is 0.000000611. The zero-order chi connectivity index (χ0) is 23.6. The van der Waals surface area contributed by atoms with E-state index in [0.29, 0.717) is 17.2 Å². The van der Waals surface area contributed by atoms with Crippen LogP contribution in [0.25, 0.3) is 0 Å². The third-order valence-electron chi connectivity index (χ3n) is 3.36. The number of nitro groups is 1. The molecule has 0 saturated heterocycles. The zero-order valence-corrected chi connectivity index (χ0v) is 16.3. The molecule has 32 heavy (non-hydrogen) atoms. The SMILES string of the molecule is C.CC(F)(F)Oc1ccc(CN=C(C#N)C#N)cc1.C[N+](=O)c1cc([N+](=O)[O-])ccc1O. The zero-order valence-electron chi connectivity index (χ0n) is 16.3. The number of hydrogen-bond donors (Lipinski definition) is 1. The number of nitriles is 2. The van der Waals surface area contributed by atoms with E-state index < -0.39 is 11.0 Å². The molecule has 0 bridgehead atoms. The highest BCUT2D eigenvalue weighted by molar-refractivity contribution is 6.10. The Morgan fingerprint density at radius 3 is 2.19 bits per heavy atom. The second-order valence-corrected chi connectivity index (χ2v) is 5.87. The summed E-state index contributed by atoms with van der Waals surface area (Å²) in [6, 6.07) is 12.3. The van der Waals surface area contributed by atoms with Gasteiger partial charge in [-0.15, -0.1) is 0 Å². The van der Waals surface area contributed by atoms with Crippen LogP contribution in [0, 0.1) is 37.7 Å². The summed E-state index contributed by atoms with van der Waals surface area (Å²) in [4.78, 5) is 24.2. The number of alkyl halides is 2. The molecule has 0 spiro atoms. The Hall–Kier alpha value is -4.45. The van der Waals surface area contributed by atoms with Crippen LogP contribution in [-0.2, 0) is 6.54 Å². The van der Waals surface area contributed by atoms with Gasteiger partial charge in [0.15, 0.2) is 12.8 Å². The summed E-state index contributed by atoms with van der Waals surface area (Å²) in [5, 5.41) is 36.4. The molecule has 0 unspecified atom stereocenters. The molecule has 0 atom stereocenters. The van der Waals surface area contributed by atoms with E-state index >= 15 is 0 Å². The van der Waals surface area contributed by atoms with E-state index in [2.05, 4.69) is 9.73 Å². The second kappa shape index (κ2) is 12.3. The van der Waals surface area contributed by atoms with E-state index in [9.17, 15) is 23.8 Å². The molecule has 2 aromatic carbocycles. The number of phenols is 1. The predicted octanol–water partition coefficient (Wildman–Crippen LogP) is 4.64. The minimum atomic E-state index is -3.23. The van der Waals surface area contributed by atoms with Crippen molar-refractivity contribution in [2.75, 3.05) is 7.05 Å². The highest BCUT2D eigenvalue weighted by Crippen LogP contribution is 2.29. The highest BCUT2D eigenvalue weighted by Gasteiger charge is 2.22. The van der Waals surface area contributed by atoms with Crippen molar-refractivity contribution in [1.29, 1.82) is 10.5 Å². The molecule has 168 valence electrons. The molecule has 2 rings (SSSR count). The number of nitroso groups, excluding NO2 is 1. The van der Waals surface area contributed by atoms with Crippen LogP contribution in [0.1, 0.15) is 19.9 Å². The largest absolute Gasteiger partial charge is 0.502 e. The van der Waals surface area contributed by atoms with Gasteiger partial charge in [-0.25, -0.2) is 0 Å². The number of non-ortho nitro benzene ring substituents is 1. The maximum Gasteiger partial charge on any atom is 0.394 e. The quantitative estimate of drug-likeness (QED) is 0.292. The fourth-order valence-corrected chi connectivity index (χ4v) is 2.01. The normalized spacial score (nSPS) is 9.56. The van der Waals surface area contributed by atoms with Gasteiger partial charge in [-0.2, -0.15) is 19.3 Å². The van der Waals surface area contributed by atoms with Gasteiger partial charge in [-0.3, -0.25) is 15.1 Å². The van der Waals surface area contributed by atoms with Gasteiger partial charge in [0.25, 0.3) is 5.69 Å². The van der Waals surface area contributed by atoms with Crippen molar-refractivity contribution in [2.45, 2.75) is 27.0 Å². The molecule has 0 saturated carbocycles. The van der Waals surface area contributed by atoms with Gasteiger partial charge in [0, 0.05) is 22.7 Å². The summed E-state index contributed by atoms with van der Waals surface area (Å²) in [7, 11) is 1.15. The van der Waals surface area contributed by atoms with Gasteiger partial charge in [0.05, 0.1) is 17.5 Å². The summed E-state index contributed by atoms with van der Waals surface area (Å²) in [5.74, 6) is -0.237. The number of halogens is 2.